The van der Waals surface area contributed by atoms with Gasteiger partial charge in [-0.05, 0) is 74.8 Å². The number of carbonyl (C=O) groups excluding carboxylic acids is 3. The molecule has 1 amide bonds. The molecule has 40 heavy (non-hydrogen) atoms. The van der Waals surface area contributed by atoms with Crippen molar-refractivity contribution in [2.24, 2.45) is 10.9 Å². The number of aliphatic imine (C=N–C) groups is 1. The number of benzene rings is 2. The maximum Gasteiger partial charge on any atom is 0.258 e. The average Bonchev–Trinajstić information content (AvgIpc) is 3.37. The number of carbonyl (C=O) groups is 3. The number of hydrogen-bond donors (Lipinski definition) is 1. The number of ketones is 2. The van der Waals surface area contributed by atoms with E-state index in [0.717, 1.165) is 43.7 Å². The lowest BCUT2D eigenvalue weighted by molar-refractivity contribution is -0.114. The Bertz CT molecular complexity index is 1340. The fraction of sp³-hybridized carbons (Fsp3) is 0.355. The van der Waals surface area contributed by atoms with Crippen molar-refractivity contribution in [3.05, 3.63) is 87.6 Å². The van der Waals surface area contributed by atoms with Crippen molar-refractivity contribution in [3.8, 4) is 0 Å². The van der Waals surface area contributed by atoms with Gasteiger partial charge < -0.3 is 15.1 Å². The third-order valence-corrected chi connectivity index (χ3v) is 7.65. The number of rotatable bonds is 11. The van der Waals surface area contributed by atoms with Crippen molar-refractivity contribution < 1.29 is 14.4 Å². The number of nitrogens with zero attached hydrogens (tertiary/aromatic N) is 3. The molecule has 2 aromatic carbocycles. The number of likely N-dealkylation sites (N-methyl/N-ethyl adjacent to an activating group) is 1. The second-order valence-corrected chi connectivity index (χ2v) is 11.2. The van der Waals surface area contributed by atoms with E-state index in [9.17, 15) is 14.4 Å². The largest absolute Gasteiger partial charge is 0.372 e. The Morgan fingerprint density at radius 3 is 2.48 bits per heavy atom. The van der Waals surface area contributed by atoms with Crippen LogP contribution in [0.4, 0.5) is 5.69 Å². The van der Waals surface area contributed by atoms with Crippen molar-refractivity contribution in [1.82, 2.24) is 10.2 Å². The summed E-state index contributed by atoms with van der Waals surface area (Å²) < 4.78 is 0. The molecule has 0 unspecified atom stereocenters. The van der Waals surface area contributed by atoms with Crippen molar-refractivity contribution in [3.63, 3.8) is 0 Å². The second-order valence-electron chi connectivity index (χ2n) is 10.4. The molecule has 2 aliphatic rings. The first-order chi connectivity index (χ1) is 19.2. The number of nitrogens with one attached hydrogen (secondary N) is 1. The summed E-state index contributed by atoms with van der Waals surface area (Å²) in [4.78, 5) is 47.0. The summed E-state index contributed by atoms with van der Waals surface area (Å²) in [5, 5.41) is 3.26. The van der Waals surface area contributed by atoms with Crippen LogP contribution in [0, 0.1) is 5.92 Å². The zero-order chi connectivity index (χ0) is 28.6. The third kappa shape index (κ3) is 7.90. The lowest BCUT2D eigenvalue weighted by atomic mass is 9.90. The van der Waals surface area contributed by atoms with Gasteiger partial charge in [-0.3, -0.25) is 19.4 Å². The summed E-state index contributed by atoms with van der Waals surface area (Å²) >= 11 is 12.3. The maximum absolute atomic E-state index is 13.2. The molecule has 0 bridgehead atoms. The van der Waals surface area contributed by atoms with Crippen LogP contribution in [0.1, 0.15) is 35.2 Å². The van der Waals surface area contributed by atoms with E-state index in [1.807, 2.05) is 37.2 Å². The smallest absolute Gasteiger partial charge is 0.258 e. The van der Waals surface area contributed by atoms with Gasteiger partial charge in [-0.1, -0.05) is 47.5 Å². The molecule has 1 saturated heterocycles. The number of Topliss-reactive ketones (excluding diaryl/α,β-unsaturated/α-hetero) is 1. The maximum atomic E-state index is 13.2. The first kappa shape index (κ1) is 29.7. The monoisotopic (exact) mass is 580 g/mol. The lowest BCUT2D eigenvalue weighted by Gasteiger charge is -2.33. The minimum absolute atomic E-state index is 0.0735. The van der Waals surface area contributed by atoms with Crippen molar-refractivity contribution >= 4 is 52.1 Å². The van der Waals surface area contributed by atoms with Gasteiger partial charge in [0, 0.05) is 38.2 Å². The molecule has 0 radical (unpaired) electrons. The van der Waals surface area contributed by atoms with E-state index in [1.54, 1.807) is 30.4 Å². The number of piperidine rings is 1. The number of allylic oxidation sites excluding steroid dienone is 2. The third-order valence-electron chi connectivity index (χ3n) is 7.02. The highest BCUT2D eigenvalue weighted by molar-refractivity contribution is 6.47. The first-order valence-corrected chi connectivity index (χ1v) is 14.2. The van der Waals surface area contributed by atoms with Crippen LogP contribution in [-0.2, 0) is 16.0 Å². The Labute approximate surface area is 245 Å². The zero-order valence-electron chi connectivity index (χ0n) is 22.8. The van der Waals surface area contributed by atoms with Gasteiger partial charge in [-0.15, -0.1) is 0 Å². The van der Waals surface area contributed by atoms with Crippen LogP contribution in [0.25, 0.3) is 0 Å². The van der Waals surface area contributed by atoms with E-state index in [1.165, 1.54) is 0 Å². The Morgan fingerprint density at radius 2 is 1.77 bits per heavy atom. The molecule has 210 valence electrons. The Morgan fingerprint density at radius 1 is 1.07 bits per heavy atom. The summed E-state index contributed by atoms with van der Waals surface area (Å²) in [6.07, 6.45) is 7.76. The SMILES string of the molecule is CN(C)C/C=C/C(=O)Cc1cccc(N2CCC(CC(=O)C3=NCC=C3NC(=O)c3c(Cl)cccc3Cl)CC2)c1. The molecule has 0 spiro atoms. The van der Waals surface area contributed by atoms with Crippen LogP contribution in [-0.4, -0.2) is 68.4 Å². The van der Waals surface area contributed by atoms with Gasteiger partial charge in [0.2, 0.25) is 0 Å². The fourth-order valence-electron chi connectivity index (χ4n) is 4.93. The number of halogens is 2. The van der Waals surface area contributed by atoms with Crippen LogP contribution in [0.15, 0.2) is 71.4 Å². The molecule has 0 atom stereocenters. The average molecular weight is 582 g/mol. The van der Waals surface area contributed by atoms with E-state index in [4.69, 9.17) is 23.2 Å². The molecule has 0 aromatic heterocycles. The molecular weight excluding hydrogens is 547 g/mol. The van der Waals surface area contributed by atoms with Crippen LogP contribution in [0.3, 0.4) is 0 Å². The highest BCUT2D eigenvalue weighted by Gasteiger charge is 2.28. The summed E-state index contributed by atoms with van der Waals surface area (Å²) in [6.45, 7) is 2.74. The molecule has 2 heterocycles. The lowest BCUT2D eigenvalue weighted by Crippen LogP contribution is -2.36. The number of hydrogen-bond acceptors (Lipinski definition) is 6. The zero-order valence-corrected chi connectivity index (χ0v) is 24.3. The van der Waals surface area contributed by atoms with E-state index >= 15 is 0 Å². The van der Waals surface area contributed by atoms with Gasteiger partial charge in [-0.25, -0.2) is 0 Å². The van der Waals surface area contributed by atoms with Crippen LogP contribution < -0.4 is 10.2 Å². The molecule has 0 saturated carbocycles. The summed E-state index contributed by atoms with van der Waals surface area (Å²) in [5.41, 5.74) is 2.97. The van der Waals surface area contributed by atoms with Crippen molar-refractivity contribution in [2.75, 3.05) is 45.2 Å². The van der Waals surface area contributed by atoms with Gasteiger partial charge in [0.25, 0.3) is 5.91 Å². The highest BCUT2D eigenvalue weighted by Crippen LogP contribution is 2.28. The molecule has 9 heteroatoms. The topological polar surface area (TPSA) is 82.1 Å². The van der Waals surface area contributed by atoms with Gasteiger partial charge >= 0.3 is 0 Å². The predicted octanol–water partition coefficient (Wildman–Crippen LogP) is 5.17. The second kappa shape index (κ2) is 13.9. The molecule has 7 nitrogen and oxygen atoms in total. The molecule has 1 fully saturated rings. The molecule has 4 rings (SSSR count). The minimum Gasteiger partial charge on any atom is -0.372 e. The Hall–Kier alpha value is -3.26. The Balaban J connectivity index is 1.28. The number of anilines is 1. The molecular formula is C31H34Cl2N4O3. The number of amides is 1. The van der Waals surface area contributed by atoms with Gasteiger partial charge in [0.05, 0.1) is 27.9 Å². The van der Waals surface area contributed by atoms with Crippen molar-refractivity contribution in [2.45, 2.75) is 25.7 Å². The first-order valence-electron chi connectivity index (χ1n) is 13.4. The van der Waals surface area contributed by atoms with Gasteiger partial charge in [0.1, 0.15) is 5.71 Å². The van der Waals surface area contributed by atoms with E-state index in [0.29, 0.717) is 30.8 Å². The van der Waals surface area contributed by atoms with E-state index in [-0.39, 0.29) is 33.1 Å². The normalized spacial score (nSPS) is 15.9. The molecule has 0 aliphatic carbocycles. The quantitative estimate of drug-likeness (QED) is 0.371. The predicted molar refractivity (Wildman–Crippen MR) is 162 cm³/mol. The van der Waals surface area contributed by atoms with Gasteiger partial charge in [0.15, 0.2) is 11.6 Å². The fourth-order valence-corrected chi connectivity index (χ4v) is 5.50. The van der Waals surface area contributed by atoms with Crippen LogP contribution in [0.2, 0.25) is 10.0 Å². The van der Waals surface area contributed by atoms with E-state index < -0.39 is 5.91 Å². The van der Waals surface area contributed by atoms with E-state index in [2.05, 4.69) is 27.3 Å². The van der Waals surface area contributed by atoms with Gasteiger partial charge in [-0.2, -0.15) is 0 Å². The van der Waals surface area contributed by atoms with Crippen LogP contribution >= 0.6 is 23.2 Å². The highest BCUT2D eigenvalue weighted by atomic mass is 35.5. The minimum atomic E-state index is -0.467. The van der Waals surface area contributed by atoms with Crippen molar-refractivity contribution in [1.29, 1.82) is 0 Å². The standard InChI is InChI=1S/C31H34Cl2N4O3/c1-36(2)15-5-8-24(38)19-22-6-3-7-23(18-22)37-16-12-21(13-17-37)20-28(39)30-27(11-14-34-30)35-31(40)29-25(32)9-4-10-26(29)33/h3-11,18,21H,12-17,19-20H2,1-2H3,(H,35,40)/b8-5+. The Kier molecular flexibility index (Phi) is 10.3. The van der Waals surface area contributed by atoms with Crippen LogP contribution in [0.5, 0.6) is 0 Å². The molecule has 2 aliphatic heterocycles. The summed E-state index contributed by atoms with van der Waals surface area (Å²) in [5.74, 6) is -0.221. The summed E-state index contributed by atoms with van der Waals surface area (Å²) in [7, 11) is 3.93. The summed E-state index contributed by atoms with van der Waals surface area (Å²) in [6, 6.07) is 13.0. The molecule has 2 aromatic rings. The molecule has 1 N–H and O–H groups in total.